The molecular weight excluding hydrogens is 281 g/mol. The Morgan fingerprint density at radius 1 is 1.24 bits per heavy atom. The minimum Gasteiger partial charge on any atom is -0.300 e. The Labute approximate surface area is 112 Å². The summed E-state index contributed by atoms with van der Waals surface area (Å²) in [4.78, 5) is 2.20. The zero-order valence-electron chi connectivity index (χ0n) is 9.78. The molecule has 0 aliphatic carbocycles. The summed E-state index contributed by atoms with van der Waals surface area (Å²) >= 11 is 5.79. The molecule has 0 N–H and O–H groups in total. The average molecular weight is 296 g/mol. The molecule has 0 aromatic heterocycles. The van der Waals surface area contributed by atoms with Crippen LogP contribution in [0.2, 0.25) is 5.02 Å². The van der Waals surface area contributed by atoms with Crippen molar-refractivity contribution in [1.29, 1.82) is 0 Å². The monoisotopic (exact) mass is 295 g/mol. The molecule has 0 unspecified atom stereocenters. The van der Waals surface area contributed by atoms with Crippen LogP contribution >= 0.6 is 22.3 Å². The van der Waals surface area contributed by atoms with Crippen LogP contribution in [0.3, 0.4) is 0 Å². The van der Waals surface area contributed by atoms with Crippen molar-refractivity contribution in [3.05, 3.63) is 28.8 Å². The maximum absolute atomic E-state index is 11.5. The van der Waals surface area contributed by atoms with Gasteiger partial charge in [-0.3, -0.25) is 4.90 Å². The molecule has 0 aliphatic heterocycles. The van der Waals surface area contributed by atoms with Crippen molar-refractivity contribution in [2.45, 2.75) is 25.3 Å². The summed E-state index contributed by atoms with van der Waals surface area (Å²) in [5.41, 5.74) is 0.674. The molecule has 0 amide bonds. The van der Waals surface area contributed by atoms with E-state index in [2.05, 4.69) is 4.90 Å². The molecule has 3 nitrogen and oxygen atoms in total. The van der Waals surface area contributed by atoms with Gasteiger partial charge in [-0.15, -0.1) is 0 Å². The van der Waals surface area contributed by atoms with E-state index in [4.69, 9.17) is 22.3 Å². The molecule has 0 heterocycles. The number of halogens is 2. The first-order chi connectivity index (χ1) is 7.88. The number of benzene rings is 1. The van der Waals surface area contributed by atoms with Crippen molar-refractivity contribution in [3.8, 4) is 0 Å². The summed E-state index contributed by atoms with van der Waals surface area (Å²) in [6.07, 6.45) is 0. The highest BCUT2D eigenvalue weighted by molar-refractivity contribution is 8.13. The van der Waals surface area contributed by atoms with E-state index in [1.54, 1.807) is 12.1 Å². The Hall–Kier alpha value is -0.290. The van der Waals surface area contributed by atoms with Gasteiger partial charge >= 0.3 is 0 Å². The lowest BCUT2D eigenvalue weighted by Crippen LogP contribution is -2.23. The molecule has 0 atom stereocenters. The maximum Gasteiger partial charge on any atom is 0.261 e. The van der Waals surface area contributed by atoms with Crippen molar-refractivity contribution in [2.75, 3.05) is 13.1 Å². The molecule has 0 saturated heterocycles. The Kier molecular flexibility index (Phi) is 5.25. The van der Waals surface area contributed by atoms with E-state index in [0.717, 1.165) is 13.1 Å². The summed E-state index contributed by atoms with van der Waals surface area (Å²) in [7, 11) is 1.64. The van der Waals surface area contributed by atoms with Gasteiger partial charge < -0.3 is 0 Å². The van der Waals surface area contributed by atoms with E-state index in [1.807, 2.05) is 13.8 Å². The van der Waals surface area contributed by atoms with E-state index < -0.39 is 9.05 Å². The minimum atomic E-state index is -3.76. The van der Waals surface area contributed by atoms with E-state index in [-0.39, 0.29) is 4.90 Å². The van der Waals surface area contributed by atoms with Gasteiger partial charge in [0.1, 0.15) is 0 Å². The second-order valence-electron chi connectivity index (χ2n) is 3.65. The first kappa shape index (κ1) is 14.8. The van der Waals surface area contributed by atoms with Crippen LogP contribution in [0, 0.1) is 0 Å². The highest BCUT2D eigenvalue weighted by Crippen LogP contribution is 2.25. The molecule has 0 radical (unpaired) electrons. The number of hydrogen-bond donors (Lipinski definition) is 0. The predicted molar refractivity (Wildman–Crippen MR) is 71.1 cm³/mol. The zero-order valence-corrected chi connectivity index (χ0v) is 12.1. The Morgan fingerprint density at radius 3 is 2.29 bits per heavy atom. The van der Waals surface area contributed by atoms with Crippen molar-refractivity contribution in [2.24, 2.45) is 0 Å². The second-order valence-corrected chi connectivity index (χ2v) is 6.62. The van der Waals surface area contributed by atoms with Crippen molar-refractivity contribution in [3.63, 3.8) is 0 Å². The highest BCUT2D eigenvalue weighted by Gasteiger charge is 2.17. The van der Waals surface area contributed by atoms with Crippen molar-refractivity contribution in [1.82, 2.24) is 4.90 Å². The smallest absolute Gasteiger partial charge is 0.261 e. The molecule has 0 saturated carbocycles. The van der Waals surface area contributed by atoms with Gasteiger partial charge in [0.25, 0.3) is 9.05 Å². The molecule has 6 heteroatoms. The summed E-state index contributed by atoms with van der Waals surface area (Å²) in [5, 5.41) is 0.368. The number of rotatable bonds is 5. The fourth-order valence-electron chi connectivity index (χ4n) is 1.57. The van der Waals surface area contributed by atoms with E-state index in [0.29, 0.717) is 17.1 Å². The van der Waals surface area contributed by atoms with E-state index >= 15 is 0 Å². The van der Waals surface area contributed by atoms with Gasteiger partial charge in [-0.25, -0.2) is 8.42 Å². The molecule has 1 aromatic rings. The third-order valence-corrected chi connectivity index (χ3v) is 4.22. The van der Waals surface area contributed by atoms with Crippen LogP contribution in [0.1, 0.15) is 19.4 Å². The van der Waals surface area contributed by atoms with Gasteiger partial charge in [0.15, 0.2) is 0 Å². The van der Waals surface area contributed by atoms with Crippen LogP contribution in [-0.2, 0) is 15.6 Å². The van der Waals surface area contributed by atoms with E-state index in [9.17, 15) is 8.42 Å². The molecule has 0 bridgehead atoms. The van der Waals surface area contributed by atoms with Crippen LogP contribution < -0.4 is 0 Å². The largest absolute Gasteiger partial charge is 0.300 e. The Bertz CT molecular complexity index is 484. The average Bonchev–Trinajstić information content (AvgIpc) is 2.26. The molecule has 96 valence electrons. The van der Waals surface area contributed by atoms with Gasteiger partial charge in [-0.05, 0) is 30.8 Å². The summed E-state index contributed by atoms with van der Waals surface area (Å²) in [6, 6.07) is 4.77. The van der Waals surface area contributed by atoms with Crippen LogP contribution in [0.25, 0.3) is 0 Å². The van der Waals surface area contributed by atoms with Crippen LogP contribution in [0.4, 0.5) is 0 Å². The molecular formula is C11H15Cl2NO2S. The lowest BCUT2D eigenvalue weighted by molar-refractivity contribution is 0.293. The van der Waals surface area contributed by atoms with Crippen molar-refractivity contribution < 1.29 is 8.42 Å². The van der Waals surface area contributed by atoms with Gasteiger partial charge in [0.05, 0.1) is 4.90 Å². The topological polar surface area (TPSA) is 37.4 Å². The first-order valence-electron chi connectivity index (χ1n) is 5.34. The van der Waals surface area contributed by atoms with Crippen LogP contribution in [0.15, 0.2) is 23.1 Å². The summed E-state index contributed by atoms with van der Waals surface area (Å²) in [5.74, 6) is 0. The summed E-state index contributed by atoms with van der Waals surface area (Å²) < 4.78 is 22.9. The van der Waals surface area contributed by atoms with Gasteiger partial charge in [0, 0.05) is 22.2 Å². The highest BCUT2D eigenvalue weighted by atomic mass is 35.7. The van der Waals surface area contributed by atoms with Gasteiger partial charge in [-0.2, -0.15) is 0 Å². The predicted octanol–water partition coefficient (Wildman–Crippen LogP) is 3.11. The van der Waals surface area contributed by atoms with Gasteiger partial charge in [-0.1, -0.05) is 31.5 Å². The lowest BCUT2D eigenvalue weighted by Gasteiger charge is -2.19. The molecule has 0 spiro atoms. The lowest BCUT2D eigenvalue weighted by atomic mass is 10.2. The molecule has 0 aliphatic rings. The first-order valence-corrected chi connectivity index (χ1v) is 8.02. The van der Waals surface area contributed by atoms with Crippen LogP contribution in [-0.4, -0.2) is 26.4 Å². The second kappa shape index (κ2) is 6.05. The van der Waals surface area contributed by atoms with Crippen molar-refractivity contribution >= 4 is 31.3 Å². The fourth-order valence-corrected chi connectivity index (χ4v) is 2.96. The maximum atomic E-state index is 11.5. The quantitative estimate of drug-likeness (QED) is 0.783. The van der Waals surface area contributed by atoms with Gasteiger partial charge in [0.2, 0.25) is 0 Å². The molecule has 0 fully saturated rings. The third kappa shape index (κ3) is 4.14. The third-order valence-electron chi connectivity index (χ3n) is 2.58. The molecule has 1 rings (SSSR count). The minimum absolute atomic E-state index is 0.0959. The number of hydrogen-bond acceptors (Lipinski definition) is 3. The fraction of sp³-hybridized carbons (Fsp3) is 0.455. The molecule has 1 aromatic carbocycles. The normalized spacial score (nSPS) is 12.1. The SMILES string of the molecule is CCN(CC)Cc1ccc(Cl)cc1S(=O)(=O)Cl. The van der Waals surface area contributed by atoms with E-state index in [1.165, 1.54) is 6.07 Å². The molecule has 17 heavy (non-hydrogen) atoms. The standard InChI is InChI=1S/C11H15Cl2NO2S/c1-3-14(4-2)8-9-5-6-10(12)7-11(9)17(13,15)16/h5-7H,3-4,8H2,1-2H3. The Morgan fingerprint density at radius 2 is 1.82 bits per heavy atom. The zero-order chi connectivity index (χ0) is 13.1. The van der Waals surface area contributed by atoms with Crippen LogP contribution in [0.5, 0.6) is 0 Å². The summed E-state index contributed by atoms with van der Waals surface area (Å²) in [6.45, 7) is 6.29. The Balaban J connectivity index is 3.16. The number of nitrogens with zero attached hydrogens (tertiary/aromatic N) is 1.